The van der Waals surface area contributed by atoms with Crippen LogP contribution in [0.3, 0.4) is 0 Å². The van der Waals surface area contributed by atoms with Gasteiger partial charge in [-0.25, -0.2) is 13.1 Å². The van der Waals surface area contributed by atoms with E-state index in [0.717, 1.165) is 0 Å². The summed E-state index contributed by atoms with van der Waals surface area (Å²) >= 11 is 5.76. The molecular formula is C10H12ClN3O2S. The molecule has 0 amide bonds. The number of hydrogen-bond acceptors (Lipinski definition) is 4. The summed E-state index contributed by atoms with van der Waals surface area (Å²) < 4.78 is 25.9. The highest BCUT2D eigenvalue weighted by Crippen LogP contribution is 2.19. The lowest BCUT2D eigenvalue weighted by Crippen LogP contribution is -2.35. The minimum Gasteiger partial charge on any atom is -0.327 e. The Bertz CT molecular complexity index is 549. The Hall–Kier alpha value is -1.13. The van der Waals surface area contributed by atoms with Gasteiger partial charge in [-0.05, 0) is 25.1 Å². The SMILES string of the molecule is CC(N)CNS(=O)(=O)c1ccc(C#N)c(Cl)c1. The molecule has 7 heteroatoms. The van der Waals surface area contributed by atoms with Crippen LogP contribution in [0.1, 0.15) is 12.5 Å². The number of nitrogens with zero attached hydrogens (tertiary/aromatic N) is 1. The predicted molar refractivity (Wildman–Crippen MR) is 65.0 cm³/mol. The maximum atomic E-state index is 11.8. The second kappa shape index (κ2) is 5.47. The standard InChI is InChI=1S/C10H12ClN3O2S/c1-7(13)6-14-17(15,16)9-3-2-8(5-12)10(11)4-9/h2-4,7,14H,6,13H2,1H3. The summed E-state index contributed by atoms with van der Waals surface area (Å²) in [6.45, 7) is 1.83. The number of nitrogens with one attached hydrogen (secondary N) is 1. The van der Waals surface area contributed by atoms with E-state index in [-0.39, 0.29) is 28.1 Å². The highest BCUT2D eigenvalue weighted by Gasteiger charge is 2.15. The third kappa shape index (κ3) is 3.68. The van der Waals surface area contributed by atoms with Crippen molar-refractivity contribution in [1.29, 1.82) is 5.26 Å². The van der Waals surface area contributed by atoms with Gasteiger partial charge >= 0.3 is 0 Å². The minimum absolute atomic E-state index is 0.0159. The molecule has 17 heavy (non-hydrogen) atoms. The zero-order valence-electron chi connectivity index (χ0n) is 9.14. The fourth-order valence-electron chi connectivity index (χ4n) is 1.08. The largest absolute Gasteiger partial charge is 0.327 e. The Morgan fingerprint density at radius 1 is 1.59 bits per heavy atom. The van der Waals surface area contributed by atoms with Crippen LogP contribution >= 0.6 is 11.6 Å². The summed E-state index contributed by atoms with van der Waals surface area (Å²) in [7, 11) is -3.63. The van der Waals surface area contributed by atoms with Gasteiger partial charge in [-0.2, -0.15) is 5.26 Å². The van der Waals surface area contributed by atoms with Gasteiger partial charge in [0.15, 0.2) is 0 Å². The van der Waals surface area contributed by atoms with E-state index < -0.39 is 10.0 Å². The molecule has 0 spiro atoms. The van der Waals surface area contributed by atoms with Gasteiger partial charge in [-0.15, -0.1) is 0 Å². The summed E-state index contributed by atoms with van der Waals surface area (Å²) in [6, 6.07) is 5.51. The number of benzene rings is 1. The molecular weight excluding hydrogens is 262 g/mol. The molecule has 0 saturated heterocycles. The maximum absolute atomic E-state index is 11.8. The first-order valence-electron chi connectivity index (χ1n) is 4.81. The van der Waals surface area contributed by atoms with Crippen LogP contribution < -0.4 is 10.5 Å². The summed E-state index contributed by atoms with van der Waals surface area (Å²) in [5.41, 5.74) is 5.69. The molecule has 0 saturated carbocycles. The molecule has 1 rings (SSSR count). The highest BCUT2D eigenvalue weighted by molar-refractivity contribution is 7.89. The van der Waals surface area contributed by atoms with Crippen LogP contribution in [0.5, 0.6) is 0 Å². The van der Waals surface area contributed by atoms with Gasteiger partial charge < -0.3 is 5.73 Å². The van der Waals surface area contributed by atoms with Gasteiger partial charge in [0.2, 0.25) is 10.0 Å². The molecule has 0 aromatic heterocycles. The van der Waals surface area contributed by atoms with E-state index in [1.807, 2.05) is 6.07 Å². The molecule has 0 heterocycles. The van der Waals surface area contributed by atoms with Crippen molar-refractivity contribution in [1.82, 2.24) is 4.72 Å². The average molecular weight is 274 g/mol. The smallest absolute Gasteiger partial charge is 0.240 e. The Kier molecular flexibility index (Phi) is 4.48. The van der Waals surface area contributed by atoms with Crippen molar-refractivity contribution in [2.24, 2.45) is 5.73 Å². The first-order chi connectivity index (χ1) is 7.86. The van der Waals surface area contributed by atoms with E-state index in [4.69, 9.17) is 22.6 Å². The van der Waals surface area contributed by atoms with Crippen LogP contribution in [0.15, 0.2) is 23.1 Å². The van der Waals surface area contributed by atoms with Crippen molar-refractivity contribution < 1.29 is 8.42 Å². The molecule has 1 aromatic carbocycles. The van der Waals surface area contributed by atoms with Crippen molar-refractivity contribution in [2.45, 2.75) is 17.9 Å². The van der Waals surface area contributed by atoms with Crippen LogP contribution in [0.25, 0.3) is 0 Å². The van der Waals surface area contributed by atoms with E-state index >= 15 is 0 Å². The maximum Gasteiger partial charge on any atom is 0.240 e. The molecule has 0 fully saturated rings. The zero-order chi connectivity index (χ0) is 13.1. The van der Waals surface area contributed by atoms with Gasteiger partial charge in [-0.1, -0.05) is 11.6 Å². The Balaban J connectivity index is 3.01. The third-order valence-electron chi connectivity index (χ3n) is 1.97. The van der Waals surface area contributed by atoms with Crippen LogP contribution in [0.4, 0.5) is 0 Å². The van der Waals surface area contributed by atoms with E-state index in [2.05, 4.69) is 4.72 Å². The van der Waals surface area contributed by atoms with Crippen LogP contribution in [0.2, 0.25) is 5.02 Å². The van der Waals surface area contributed by atoms with Crippen LogP contribution in [0, 0.1) is 11.3 Å². The number of hydrogen-bond donors (Lipinski definition) is 2. The zero-order valence-corrected chi connectivity index (χ0v) is 10.7. The summed E-state index contributed by atoms with van der Waals surface area (Å²) in [5, 5.41) is 8.78. The normalized spacial score (nSPS) is 13.1. The molecule has 92 valence electrons. The summed E-state index contributed by atoms with van der Waals surface area (Å²) in [5.74, 6) is 0. The molecule has 0 bridgehead atoms. The fraction of sp³-hybridized carbons (Fsp3) is 0.300. The molecule has 0 aliphatic heterocycles. The quantitative estimate of drug-likeness (QED) is 0.849. The van der Waals surface area contributed by atoms with Gasteiger partial charge in [0.25, 0.3) is 0 Å². The van der Waals surface area contributed by atoms with Gasteiger partial charge in [0, 0.05) is 12.6 Å². The van der Waals surface area contributed by atoms with Gasteiger partial charge in [0.05, 0.1) is 15.5 Å². The Labute approximate surface area is 105 Å². The number of nitriles is 1. The van der Waals surface area contributed by atoms with Gasteiger partial charge in [-0.3, -0.25) is 0 Å². The molecule has 1 unspecified atom stereocenters. The predicted octanol–water partition coefficient (Wildman–Crippen LogP) is 0.837. The van der Waals surface area contributed by atoms with Crippen molar-refractivity contribution in [3.05, 3.63) is 28.8 Å². The fourth-order valence-corrected chi connectivity index (χ4v) is 2.53. The van der Waals surface area contributed by atoms with Crippen molar-refractivity contribution in [3.63, 3.8) is 0 Å². The lowest BCUT2D eigenvalue weighted by atomic mass is 10.2. The van der Waals surface area contributed by atoms with Gasteiger partial charge in [0.1, 0.15) is 6.07 Å². The second-order valence-corrected chi connectivity index (χ2v) is 5.76. The van der Waals surface area contributed by atoms with Crippen molar-refractivity contribution in [2.75, 3.05) is 6.54 Å². The average Bonchev–Trinajstić information content (AvgIpc) is 2.26. The minimum atomic E-state index is -3.63. The molecule has 5 nitrogen and oxygen atoms in total. The molecule has 0 radical (unpaired) electrons. The molecule has 0 aliphatic rings. The van der Waals surface area contributed by atoms with E-state index in [1.54, 1.807) is 6.92 Å². The number of rotatable bonds is 4. The summed E-state index contributed by atoms with van der Waals surface area (Å²) in [6.07, 6.45) is 0. The number of nitrogens with two attached hydrogens (primary N) is 1. The first kappa shape index (κ1) is 13.9. The Morgan fingerprint density at radius 2 is 2.24 bits per heavy atom. The Morgan fingerprint density at radius 3 is 2.71 bits per heavy atom. The molecule has 0 aliphatic carbocycles. The van der Waals surface area contributed by atoms with E-state index in [9.17, 15) is 8.42 Å². The monoisotopic (exact) mass is 273 g/mol. The second-order valence-electron chi connectivity index (χ2n) is 3.58. The molecule has 1 aromatic rings. The topological polar surface area (TPSA) is 96.0 Å². The highest BCUT2D eigenvalue weighted by atomic mass is 35.5. The third-order valence-corrected chi connectivity index (χ3v) is 3.70. The molecule has 1 atom stereocenters. The number of sulfonamides is 1. The van der Waals surface area contributed by atoms with Crippen LogP contribution in [-0.4, -0.2) is 21.0 Å². The van der Waals surface area contributed by atoms with E-state index in [1.165, 1.54) is 18.2 Å². The lowest BCUT2D eigenvalue weighted by Gasteiger charge is -2.09. The van der Waals surface area contributed by atoms with Crippen LogP contribution in [-0.2, 0) is 10.0 Å². The van der Waals surface area contributed by atoms with Crippen molar-refractivity contribution >= 4 is 21.6 Å². The number of halogens is 1. The summed E-state index contributed by atoms with van der Waals surface area (Å²) in [4.78, 5) is 0.0159. The molecule has 3 N–H and O–H groups in total. The van der Waals surface area contributed by atoms with E-state index in [0.29, 0.717) is 0 Å². The first-order valence-corrected chi connectivity index (χ1v) is 6.68. The lowest BCUT2D eigenvalue weighted by molar-refractivity contribution is 0.574. The van der Waals surface area contributed by atoms with Crippen molar-refractivity contribution in [3.8, 4) is 6.07 Å².